The van der Waals surface area contributed by atoms with Crippen molar-refractivity contribution in [2.24, 2.45) is 0 Å². The normalized spacial score (nSPS) is 14.5. The third-order valence-corrected chi connectivity index (χ3v) is 7.15. The highest BCUT2D eigenvalue weighted by atomic mass is 32.1. The zero-order chi connectivity index (χ0) is 24.8. The summed E-state index contributed by atoms with van der Waals surface area (Å²) in [6, 6.07) is 13.6. The second kappa shape index (κ2) is 11.4. The number of hydrogen-bond acceptors (Lipinski definition) is 5. The van der Waals surface area contributed by atoms with Crippen LogP contribution >= 0.6 is 11.3 Å². The summed E-state index contributed by atoms with van der Waals surface area (Å²) < 4.78 is 5.90. The van der Waals surface area contributed by atoms with Gasteiger partial charge >= 0.3 is 0 Å². The molecular formula is C27H31N3O4S. The van der Waals surface area contributed by atoms with Gasteiger partial charge in [-0.25, -0.2) is 0 Å². The van der Waals surface area contributed by atoms with Crippen molar-refractivity contribution in [3.8, 4) is 0 Å². The molecule has 0 saturated heterocycles. The predicted octanol–water partition coefficient (Wildman–Crippen LogP) is 4.78. The summed E-state index contributed by atoms with van der Waals surface area (Å²) in [4.78, 5) is 42.0. The van der Waals surface area contributed by atoms with Gasteiger partial charge in [0.05, 0.1) is 11.4 Å². The van der Waals surface area contributed by atoms with Crippen LogP contribution in [0.5, 0.6) is 0 Å². The van der Waals surface area contributed by atoms with Crippen LogP contribution in [0.3, 0.4) is 0 Å². The molecule has 2 aromatic heterocycles. The fourth-order valence-electron chi connectivity index (χ4n) is 4.52. The van der Waals surface area contributed by atoms with Crippen LogP contribution in [0.15, 0.2) is 58.3 Å². The van der Waals surface area contributed by atoms with E-state index in [4.69, 9.17) is 4.42 Å². The first-order valence-corrected chi connectivity index (χ1v) is 12.9. The van der Waals surface area contributed by atoms with Crippen LogP contribution < -0.4 is 15.5 Å². The first-order chi connectivity index (χ1) is 17.0. The van der Waals surface area contributed by atoms with Crippen LogP contribution in [-0.4, -0.2) is 30.3 Å². The fraction of sp³-hybridized carbons (Fsp3) is 0.370. The molecule has 1 fully saturated rings. The average Bonchev–Trinajstić information content (AvgIpc) is 3.64. The Morgan fingerprint density at radius 1 is 1.09 bits per heavy atom. The molecule has 0 unspecified atom stereocenters. The van der Waals surface area contributed by atoms with E-state index in [0.29, 0.717) is 28.5 Å². The molecule has 0 spiro atoms. The van der Waals surface area contributed by atoms with Crippen LogP contribution in [0, 0.1) is 6.92 Å². The van der Waals surface area contributed by atoms with Gasteiger partial charge in [0.2, 0.25) is 5.91 Å². The minimum atomic E-state index is -0.997. The molecule has 2 heterocycles. The van der Waals surface area contributed by atoms with Crippen molar-refractivity contribution < 1.29 is 18.8 Å². The van der Waals surface area contributed by atoms with Crippen molar-refractivity contribution in [1.29, 1.82) is 0 Å². The molecule has 1 aliphatic carbocycles. The number of nitrogens with zero attached hydrogens (tertiary/aromatic N) is 1. The standard InChI is InChI=1S/C27H31N3O4S/c1-3-19-9-4-7-12-21(19)30(24(31)17-28-26(32)23-13-8-16-35-23)25(22-15-14-18(2)34-22)27(33)29-20-10-5-6-11-20/h4,7-9,12-16,20,25H,3,5-6,10-11,17H2,1-2H3,(H,28,32)(H,29,33)/t25-/m0/s1. The van der Waals surface area contributed by atoms with Gasteiger partial charge < -0.3 is 15.1 Å². The van der Waals surface area contributed by atoms with Crippen LogP contribution in [-0.2, 0) is 16.0 Å². The second-order valence-corrected chi connectivity index (χ2v) is 9.69. The van der Waals surface area contributed by atoms with Crippen molar-refractivity contribution in [2.45, 2.75) is 58.0 Å². The van der Waals surface area contributed by atoms with E-state index < -0.39 is 11.9 Å². The molecule has 8 heteroatoms. The minimum absolute atomic E-state index is 0.0814. The number of nitrogens with one attached hydrogen (secondary N) is 2. The van der Waals surface area contributed by atoms with Gasteiger partial charge in [0.1, 0.15) is 11.5 Å². The number of para-hydroxylation sites is 1. The molecule has 1 atom stereocenters. The molecule has 1 aromatic carbocycles. The van der Waals surface area contributed by atoms with Gasteiger partial charge in [0, 0.05) is 11.7 Å². The third kappa shape index (κ3) is 5.82. The minimum Gasteiger partial charge on any atom is -0.464 e. The lowest BCUT2D eigenvalue weighted by Crippen LogP contribution is -2.49. The Labute approximate surface area is 209 Å². The lowest BCUT2D eigenvalue weighted by molar-refractivity contribution is -0.127. The number of aryl methyl sites for hydroxylation is 2. The van der Waals surface area contributed by atoms with Crippen molar-refractivity contribution >= 4 is 34.7 Å². The summed E-state index contributed by atoms with van der Waals surface area (Å²) >= 11 is 1.31. The lowest BCUT2D eigenvalue weighted by Gasteiger charge is -2.32. The summed E-state index contributed by atoms with van der Waals surface area (Å²) in [5.74, 6) is 0.0482. The van der Waals surface area contributed by atoms with Crippen LogP contribution in [0.1, 0.15) is 65.4 Å². The zero-order valence-electron chi connectivity index (χ0n) is 20.1. The van der Waals surface area contributed by atoms with E-state index in [9.17, 15) is 14.4 Å². The largest absolute Gasteiger partial charge is 0.464 e. The highest BCUT2D eigenvalue weighted by Crippen LogP contribution is 2.32. The van der Waals surface area contributed by atoms with Crippen LogP contribution in [0.2, 0.25) is 0 Å². The van der Waals surface area contributed by atoms with E-state index in [1.54, 1.807) is 24.3 Å². The average molecular weight is 494 g/mol. The Morgan fingerprint density at radius 3 is 2.51 bits per heavy atom. The maximum Gasteiger partial charge on any atom is 0.261 e. The monoisotopic (exact) mass is 493 g/mol. The van der Waals surface area contributed by atoms with Crippen molar-refractivity contribution in [3.63, 3.8) is 0 Å². The van der Waals surface area contributed by atoms with E-state index >= 15 is 0 Å². The summed E-state index contributed by atoms with van der Waals surface area (Å²) in [7, 11) is 0. The summed E-state index contributed by atoms with van der Waals surface area (Å²) in [5.41, 5.74) is 1.55. The quantitative estimate of drug-likeness (QED) is 0.449. The molecular weight excluding hydrogens is 462 g/mol. The Hall–Kier alpha value is -3.39. The van der Waals surface area contributed by atoms with Gasteiger partial charge in [-0.3, -0.25) is 19.3 Å². The number of anilines is 1. The highest BCUT2D eigenvalue weighted by molar-refractivity contribution is 7.12. The molecule has 184 valence electrons. The lowest BCUT2D eigenvalue weighted by atomic mass is 10.0. The van der Waals surface area contributed by atoms with Gasteiger partial charge in [0.25, 0.3) is 11.8 Å². The van der Waals surface area contributed by atoms with E-state index in [-0.39, 0.29) is 24.4 Å². The molecule has 4 rings (SSSR count). The number of thiophene rings is 1. The number of carbonyl (C=O) groups excluding carboxylic acids is 3. The predicted molar refractivity (Wildman–Crippen MR) is 137 cm³/mol. The third-order valence-electron chi connectivity index (χ3n) is 6.28. The molecule has 3 aromatic rings. The number of carbonyl (C=O) groups is 3. The fourth-order valence-corrected chi connectivity index (χ4v) is 5.16. The van der Waals surface area contributed by atoms with Gasteiger partial charge in [-0.1, -0.05) is 44.0 Å². The SMILES string of the molecule is CCc1ccccc1N(C(=O)CNC(=O)c1cccs1)[C@H](C(=O)NC1CCCC1)c1ccc(C)o1. The summed E-state index contributed by atoms with van der Waals surface area (Å²) in [6.07, 6.45) is 4.67. The maximum atomic E-state index is 13.7. The van der Waals surface area contributed by atoms with E-state index in [1.807, 2.05) is 43.5 Å². The molecule has 35 heavy (non-hydrogen) atoms. The van der Waals surface area contributed by atoms with Gasteiger partial charge in [0.15, 0.2) is 6.04 Å². The van der Waals surface area contributed by atoms with Gasteiger partial charge in [-0.2, -0.15) is 0 Å². The Morgan fingerprint density at radius 2 is 1.86 bits per heavy atom. The first kappa shape index (κ1) is 24.7. The Bertz CT molecular complexity index is 1160. The first-order valence-electron chi connectivity index (χ1n) is 12.1. The molecule has 2 N–H and O–H groups in total. The molecule has 1 aliphatic rings. The van der Waals surface area contributed by atoms with Crippen LogP contribution in [0.25, 0.3) is 0 Å². The second-order valence-electron chi connectivity index (χ2n) is 8.75. The number of hydrogen-bond donors (Lipinski definition) is 2. The molecule has 0 radical (unpaired) electrons. The topological polar surface area (TPSA) is 91.7 Å². The number of furan rings is 1. The van der Waals surface area contributed by atoms with Crippen molar-refractivity contribution in [1.82, 2.24) is 10.6 Å². The zero-order valence-corrected chi connectivity index (χ0v) is 20.9. The van der Waals surface area contributed by atoms with Crippen molar-refractivity contribution in [3.05, 3.63) is 75.9 Å². The smallest absolute Gasteiger partial charge is 0.261 e. The number of amides is 3. The van der Waals surface area contributed by atoms with E-state index in [2.05, 4.69) is 10.6 Å². The van der Waals surface area contributed by atoms with E-state index in [0.717, 1.165) is 31.2 Å². The van der Waals surface area contributed by atoms with Crippen LogP contribution in [0.4, 0.5) is 5.69 Å². The van der Waals surface area contributed by atoms with Gasteiger partial charge in [-0.05, 0) is 61.4 Å². The molecule has 0 aliphatic heterocycles. The molecule has 3 amide bonds. The highest BCUT2D eigenvalue weighted by Gasteiger charge is 2.37. The molecule has 1 saturated carbocycles. The van der Waals surface area contributed by atoms with Gasteiger partial charge in [-0.15, -0.1) is 11.3 Å². The summed E-state index contributed by atoms with van der Waals surface area (Å²) in [5, 5.41) is 7.66. The number of benzene rings is 1. The Balaban J connectivity index is 1.70. The number of rotatable bonds is 9. The van der Waals surface area contributed by atoms with Crippen molar-refractivity contribution in [2.75, 3.05) is 11.4 Å². The van der Waals surface area contributed by atoms with E-state index in [1.165, 1.54) is 16.2 Å². The molecule has 7 nitrogen and oxygen atoms in total. The Kier molecular flexibility index (Phi) is 8.02. The summed E-state index contributed by atoms with van der Waals surface area (Å²) in [6.45, 7) is 3.56. The molecule has 0 bridgehead atoms. The maximum absolute atomic E-state index is 13.7.